The van der Waals surface area contributed by atoms with Crippen LogP contribution in [0, 0.1) is 0 Å². The molecule has 0 radical (unpaired) electrons. The summed E-state index contributed by atoms with van der Waals surface area (Å²) in [6.07, 6.45) is 0. The van der Waals surface area contributed by atoms with Crippen LogP contribution >= 0.6 is 0 Å². The predicted octanol–water partition coefficient (Wildman–Crippen LogP) is 2.10. The molecule has 0 saturated carbocycles. The van der Waals surface area contributed by atoms with Crippen LogP contribution in [-0.4, -0.2) is 16.8 Å². The fourth-order valence-corrected chi connectivity index (χ4v) is 2.51. The first-order valence-electron chi connectivity index (χ1n) is 7.04. The van der Waals surface area contributed by atoms with E-state index in [1.54, 1.807) is 0 Å². The van der Waals surface area contributed by atoms with E-state index < -0.39 is 0 Å². The number of hydrogen-bond donors (Lipinski definition) is 2. The fraction of sp³-hybridized carbons (Fsp3) is 0.125. The second kappa shape index (κ2) is 5.20. The van der Waals surface area contributed by atoms with Crippen LogP contribution in [0.4, 0.5) is 11.8 Å². The molecule has 0 amide bonds. The van der Waals surface area contributed by atoms with Crippen molar-refractivity contribution in [3.8, 4) is 17.2 Å². The molecule has 2 heterocycles. The van der Waals surface area contributed by atoms with Crippen molar-refractivity contribution in [2.45, 2.75) is 6.61 Å². The fourth-order valence-electron chi connectivity index (χ4n) is 2.51. The van der Waals surface area contributed by atoms with Crippen LogP contribution in [-0.2, 0) is 6.61 Å². The summed E-state index contributed by atoms with van der Waals surface area (Å²) in [6.45, 7) is 0.609. The average Bonchev–Trinajstić information content (AvgIpc) is 3.00. The van der Waals surface area contributed by atoms with E-state index in [0.717, 1.165) is 17.1 Å². The summed E-state index contributed by atoms with van der Waals surface area (Å²) in [7, 11) is 0. The largest absolute Gasteiger partial charge is 0.488 e. The Bertz CT molecular complexity index is 898. The molecule has 3 aromatic rings. The highest BCUT2D eigenvalue weighted by atomic mass is 16.7. The molecule has 0 spiro atoms. The molecule has 23 heavy (non-hydrogen) atoms. The summed E-state index contributed by atoms with van der Waals surface area (Å²) < 4.78 is 16.5. The molecule has 0 bridgehead atoms. The second-order valence-electron chi connectivity index (χ2n) is 5.09. The molecule has 0 saturated heterocycles. The molecule has 4 rings (SSSR count). The summed E-state index contributed by atoms with van der Waals surface area (Å²) in [5, 5.41) is 0.655. The molecule has 7 heteroatoms. The Morgan fingerprint density at radius 3 is 2.83 bits per heavy atom. The van der Waals surface area contributed by atoms with Crippen molar-refractivity contribution < 1.29 is 14.2 Å². The summed E-state index contributed by atoms with van der Waals surface area (Å²) in [5.74, 6) is 2.51. The lowest BCUT2D eigenvalue weighted by molar-refractivity contribution is 0.174. The van der Waals surface area contributed by atoms with E-state index in [0.29, 0.717) is 29.1 Å². The quantitative estimate of drug-likeness (QED) is 0.763. The minimum Gasteiger partial charge on any atom is -0.488 e. The van der Waals surface area contributed by atoms with Crippen molar-refractivity contribution in [1.82, 2.24) is 9.97 Å². The van der Waals surface area contributed by atoms with E-state index in [1.165, 1.54) is 0 Å². The molecule has 0 atom stereocenters. The molecule has 0 aliphatic carbocycles. The van der Waals surface area contributed by atoms with Gasteiger partial charge in [0.05, 0.1) is 10.9 Å². The van der Waals surface area contributed by atoms with E-state index in [-0.39, 0.29) is 12.7 Å². The number of fused-ring (bicyclic) bond motifs is 2. The van der Waals surface area contributed by atoms with Gasteiger partial charge in [-0.15, -0.1) is 0 Å². The molecule has 2 aromatic carbocycles. The highest BCUT2D eigenvalue weighted by Gasteiger charge is 2.14. The Labute approximate surface area is 131 Å². The Kier molecular flexibility index (Phi) is 3.04. The highest BCUT2D eigenvalue weighted by Crippen LogP contribution is 2.34. The number of rotatable bonds is 3. The average molecular weight is 310 g/mol. The summed E-state index contributed by atoms with van der Waals surface area (Å²) in [5.41, 5.74) is 13.2. The molecule has 1 aliphatic rings. The molecule has 1 aliphatic heterocycles. The van der Waals surface area contributed by atoms with Gasteiger partial charge in [0.1, 0.15) is 18.2 Å². The van der Waals surface area contributed by atoms with E-state index in [1.807, 2.05) is 36.4 Å². The third kappa shape index (κ3) is 2.42. The van der Waals surface area contributed by atoms with Gasteiger partial charge < -0.3 is 25.7 Å². The Hall–Kier alpha value is -3.22. The Balaban J connectivity index is 1.63. The zero-order valence-corrected chi connectivity index (χ0v) is 12.2. The number of aromatic nitrogens is 2. The molecule has 116 valence electrons. The van der Waals surface area contributed by atoms with Crippen molar-refractivity contribution in [3.63, 3.8) is 0 Å². The van der Waals surface area contributed by atoms with Gasteiger partial charge in [-0.05, 0) is 29.8 Å². The first-order valence-corrected chi connectivity index (χ1v) is 7.04. The maximum atomic E-state index is 5.95. The molecule has 7 nitrogen and oxygen atoms in total. The van der Waals surface area contributed by atoms with Crippen LogP contribution in [0.25, 0.3) is 10.9 Å². The van der Waals surface area contributed by atoms with E-state index in [4.69, 9.17) is 25.7 Å². The van der Waals surface area contributed by atoms with E-state index >= 15 is 0 Å². The molecule has 0 unspecified atom stereocenters. The van der Waals surface area contributed by atoms with Crippen molar-refractivity contribution in [2.75, 3.05) is 18.3 Å². The maximum Gasteiger partial charge on any atom is 0.231 e. The van der Waals surface area contributed by atoms with Gasteiger partial charge in [-0.3, -0.25) is 0 Å². The summed E-state index contributed by atoms with van der Waals surface area (Å²) >= 11 is 0. The molecular weight excluding hydrogens is 296 g/mol. The van der Waals surface area contributed by atoms with Crippen LogP contribution in [0.5, 0.6) is 17.2 Å². The van der Waals surface area contributed by atoms with Crippen LogP contribution in [0.3, 0.4) is 0 Å². The van der Waals surface area contributed by atoms with Crippen molar-refractivity contribution in [3.05, 3.63) is 42.0 Å². The molecular formula is C16H14N4O3. The number of nitrogens with zero attached hydrogens (tertiary/aromatic N) is 2. The zero-order chi connectivity index (χ0) is 15.8. The topological polar surface area (TPSA) is 106 Å². The zero-order valence-electron chi connectivity index (χ0n) is 12.2. The predicted molar refractivity (Wildman–Crippen MR) is 85.3 cm³/mol. The normalized spacial score (nSPS) is 12.5. The first kappa shape index (κ1) is 13.4. The minimum absolute atomic E-state index is 0.142. The van der Waals surface area contributed by atoms with Gasteiger partial charge in [-0.1, -0.05) is 12.1 Å². The number of hydrogen-bond acceptors (Lipinski definition) is 7. The van der Waals surface area contributed by atoms with Gasteiger partial charge in [0.2, 0.25) is 12.7 Å². The molecule has 4 N–H and O–H groups in total. The number of benzene rings is 2. The number of nitrogen functional groups attached to an aromatic ring is 2. The Morgan fingerprint density at radius 1 is 1.04 bits per heavy atom. The van der Waals surface area contributed by atoms with E-state index in [9.17, 15) is 0 Å². The minimum atomic E-state index is 0.142. The standard InChI is InChI=1S/C16H14N4O3/c17-15-14-10(19-16(18)20-15)2-1-3-12(14)21-7-9-4-5-11-13(6-9)23-8-22-11/h1-6H,7-8H2,(H4,17,18,19,20). The van der Waals surface area contributed by atoms with Crippen LogP contribution in [0.1, 0.15) is 5.56 Å². The lowest BCUT2D eigenvalue weighted by atomic mass is 10.2. The van der Waals surface area contributed by atoms with Crippen molar-refractivity contribution in [1.29, 1.82) is 0 Å². The summed E-state index contributed by atoms with van der Waals surface area (Å²) in [4.78, 5) is 8.16. The van der Waals surface area contributed by atoms with Crippen LogP contribution < -0.4 is 25.7 Å². The highest BCUT2D eigenvalue weighted by molar-refractivity contribution is 5.94. The SMILES string of the molecule is Nc1nc(N)c2c(OCc3ccc4c(c3)OCO4)cccc2n1. The lowest BCUT2D eigenvalue weighted by Crippen LogP contribution is -2.03. The monoisotopic (exact) mass is 310 g/mol. The van der Waals surface area contributed by atoms with Crippen molar-refractivity contribution in [2.24, 2.45) is 0 Å². The van der Waals surface area contributed by atoms with Gasteiger partial charge >= 0.3 is 0 Å². The third-order valence-corrected chi connectivity index (χ3v) is 3.56. The van der Waals surface area contributed by atoms with Gasteiger partial charge in [0.25, 0.3) is 0 Å². The van der Waals surface area contributed by atoms with Crippen LogP contribution in [0.2, 0.25) is 0 Å². The molecule has 1 aromatic heterocycles. The number of ether oxygens (including phenoxy) is 3. The van der Waals surface area contributed by atoms with Gasteiger partial charge in [0.15, 0.2) is 11.5 Å². The smallest absolute Gasteiger partial charge is 0.231 e. The summed E-state index contributed by atoms with van der Waals surface area (Å²) in [6, 6.07) is 11.2. The van der Waals surface area contributed by atoms with Crippen molar-refractivity contribution >= 4 is 22.7 Å². The number of nitrogens with two attached hydrogens (primary N) is 2. The van der Waals surface area contributed by atoms with Gasteiger partial charge in [-0.2, -0.15) is 4.98 Å². The van der Waals surface area contributed by atoms with Gasteiger partial charge in [-0.25, -0.2) is 4.98 Å². The van der Waals surface area contributed by atoms with Crippen LogP contribution in [0.15, 0.2) is 36.4 Å². The maximum absolute atomic E-state index is 5.95. The van der Waals surface area contributed by atoms with Gasteiger partial charge in [0, 0.05) is 0 Å². The first-order chi connectivity index (χ1) is 11.2. The third-order valence-electron chi connectivity index (χ3n) is 3.56. The Morgan fingerprint density at radius 2 is 1.91 bits per heavy atom. The molecule has 0 fully saturated rings. The van der Waals surface area contributed by atoms with E-state index in [2.05, 4.69) is 9.97 Å². The lowest BCUT2D eigenvalue weighted by Gasteiger charge is -2.11. The number of anilines is 2. The second-order valence-corrected chi connectivity index (χ2v) is 5.09.